The summed E-state index contributed by atoms with van der Waals surface area (Å²) in [6.45, 7) is 8.42. The average molecular weight is 459 g/mol. The van der Waals surface area contributed by atoms with Gasteiger partial charge in [0.25, 0.3) is 5.56 Å². The Balaban J connectivity index is 1.44. The Morgan fingerprint density at radius 1 is 1.09 bits per heavy atom. The van der Waals surface area contributed by atoms with Crippen molar-refractivity contribution >= 4 is 17.1 Å². The van der Waals surface area contributed by atoms with Crippen LogP contribution in [0.3, 0.4) is 0 Å². The Hall–Kier alpha value is -3.94. The summed E-state index contributed by atoms with van der Waals surface area (Å²) in [6, 6.07) is 12.8. The van der Waals surface area contributed by atoms with Crippen LogP contribution in [0.4, 0.5) is 4.79 Å². The Bertz CT molecular complexity index is 1440. The van der Waals surface area contributed by atoms with Crippen LogP contribution in [0.2, 0.25) is 0 Å². The van der Waals surface area contributed by atoms with Crippen LogP contribution in [0.1, 0.15) is 37.8 Å². The second-order valence-electron chi connectivity index (χ2n) is 9.52. The summed E-state index contributed by atoms with van der Waals surface area (Å²) in [5.74, 6) is 0.868. The highest BCUT2D eigenvalue weighted by molar-refractivity contribution is 5.85. The van der Waals surface area contributed by atoms with Crippen LogP contribution in [-0.4, -0.2) is 37.9 Å². The number of carbonyl (C=O) groups excluding carboxylic acids is 1. The molecule has 0 saturated heterocycles. The maximum absolute atomic E-state index is 12.9. The molecular weight excluding hydrogens is 432 g/mol. The first-order valence-corrected chi connectivity index (χ1v) is 11.2. The lowest BCUT2D eigenvalue weighted by atomic mass is 10.0. The van der Waals surface area contributed by atoms with Gasteiger partial charge in [-0.2, -0.15) is 10.2 Å². The molecule has 1 aliphatic rings. The zero-order valence-electron chi connectivity index (χ0n) is 19.7. The van der Waals surface area contributed by atoms with Gasteiger partial charge in [0.2, 0.25) is 0 Å². The standard InChI is InChI=1S/C26H26N4O4/c1-16-5-8-21(28-27-16)17-9-12-30(24(31)13-17)18-6-7-19-20-15-29(25(32)34-26(2,3)4)11-10-22(20)33-23(19)14-18/h5-9,12-14H,10-11,15H2,1-4H3. The van der Waals surface area contributed by atoms with Gasteiger partial charge in [-0.25, -0.2) is 4.79 Å². The number of benzene rings is 1. The number of rotatable bonds is 2. The summed E-state index contributed by atoms with van der Waals surface area (Å²) in [7, 11) is 0. The van der Waals surface area contributed by atoms with E-state index in [-0.39, 0.29) is 11.7 Å². The van der Waals surface area contributed by atoms with E-state index in [1.54, 1.807) is 21.7 Å². The SMILES string of the molecule is Cc1ccc(-c2ccn(-c3ccc4c5c(oc4c3)CCN(C(=O)OC(C)(C)C)C5)c(=O)c2)nn1. The number of nitrogens with zero attached hydrogens (tertiary/aromatic N) is 4. The van der Waals surface area contributed by atoms with Crippen molar-refractivity contribution in [3.8, 4) is 16.9 Å². The zero-order chi connectivity index (χ0) is 24.0. The van der Waals surface area contributed by atoms with E-state index in [1.165, 1.54) is 0 Å². The fraction of sp³-hybridized carbons (Fsp3) is 0.308. The Morgan fingerprint density at radius 2 is 1.91 bits per heavy atom. The molecule has 1 amide bonds. The predicted molar refractivity (Wildman–Crippen MR) is 128 cm³/mol. The number of aromatic nitrogens is 3. The molecule has 174 valence electrons. The monoisotopic (exact) mass is 458 g/mol. The van der Waals surface area contributed by atoms with Crippen molar-refractivity contribution in [2.75, 3.05) is 6.54 Å². The Kier molecular flexibility index (Phi) is 5.23. The molecule has 0 atom stereocenters. The topological polar surface area (TPSA) is 90.5 Å². The highest BCUT2D eigenvalue weighted by Gasteiger charge is 2.29. The van der Waals surface area contributed by atoms with Crippen LogP contribution in [0.25, 0.3) is 27.9 Å². The zero-order valence-corrected chi connectivity index (χ0v) is 19.7. The molecule has 4 aromatic rings. The average Bonchev–Trinajstić information content (AvgIpc) is 3.15. The molecule has 0 spiro atoms. The lowest BCUT2D eigenvalue weighted by Gasteiger charge is -2.29. The van der Waals surface area contributed by atoms with Crippen LogP contribution in [0.15, 0.2) is 57.9 Å². The van der Waals surface area contributed by atoms with Gasteiger partial charge >= 0.3 is 6.09 Å². The second kappa shape index (κ2) is 8.13. The van der Waals surface area contributed by atoms with Crippen molar-refractivity contribution in [2.24, 2.45) is 0 Å². The molecule has 0 radical (unpaired) electrons. The number of fused-ring (bicyclic) bond motifs is 3. The second-order valence-corrected chi connectivity index (χ2v) is 9.52. The number of carbonyl (C=O) groups is 1. The summed E-state index contributed by atoms with van der Waals surface area (Å²) >= 11 is 0. The van der Waals surface area contributed by atoms with Gasteiger partial charge in [0.15, 0.2) is 0 Å². The minimum absolute atomic E-state index is 0.174. The van der Waals surface area contributed by atoms with Crippen LogP contribution in [0.5, 0.6) is 0 Å². The van der Waals surface area contributed by atoms with E-state index in [4.69, 9.17) is 9.15 Å². The summed E-state index contributed by atoms with van der Waals surface area (Å²) in [5.41, 5.74) is 3.85. The number of amides is 1. The maximum Gasteiger partial charge on any atom is 0.410 e. The summed E-state index contributed by atoms with van der Waals surface area (Å²) in [5, 5.41) is 9.16. The molecule has 0 N–H and O–H groups in total. The molecule has 0 saturated carbocycles. The Labute approximate surface area is 196 Å². The quantitative estimate of drug-likeness (QED) is 0.435. The smallest absolute Gasteiger partial charge is 0.410 e. The molecule has 0 aliphatic carbocycles. The van der Waals surface area contributed by atoms with Crippen molar-refractivity contribution in [1.82, 2.24) is 19.7 Å². The molecule has 5 rings (SSSR count). The number of furan rings is 1. The van der Waals surface area contributed by atoms with Gasteiger partial charge < -0.3 is 14.1 Å². The van der Waals surface area contributed by atoms with Crippen LogP contribution >= 0.6 is 0 Å². The van der Waals surface area contributed by atoms with Crippen molar-refractivity contribution in [2.45, 2.75) is 46.3 Å². The van der Waals surface area contributed by atoms with Gasteiger partial charge in [-0.3, -0.25) is 9.36 Å². The molecule has 1 aromatic carbocycles. The highest BCUT2D eigenvalue weighted by atomic mass is 16.6. The first-order valence-electron chi connectivity index (χ1n) is 11.2. The molecule has 3 aromatic heterocycles. The minimum Gasteiger partial charge on any atom is -0.461 e. The lowest BCUT2D eigenvalue weighted by Crippen LogP contribution is -2.39. The number of aryl methyl sites for hydroxylation is 1. The van der Waals surface area contributed by atoms with E-state index in [2.05, 4.69) is 10.2 Å². The molecule has 1 aliphatic heterocycles. The highest BCUT2D eigenvalue weighted by Crippen LogP contribution is 2.32. The molecule has 8 nitrogen and oxygen atoms in total. The fourth-order valence-electron chi connectivity index (χ4n) is 4.11. The molecule has 34 heavy (non-hydrogen) atoms. The van der Waals surface area contributed by atoms with E-state index < -0.39 is 5.60 Å². The number of hydrogen-bond donors (Lipinski definition) is 0. The van der Waals surface area contributed by atoms with E-state index in [1.807, 2.05) is 64.1 Å². The summed E-state index contributed by atoms with van der Waals surface area (Å²) in [4.78, 5) is 27.1. The van der Waals surface area contributed by atoms with E-state index in [0.717, 1.165) is 22.4 Å². The van der Waals surface area contributed by atoms with Crippen LogP contribution in [-0.2, 0) is 17.7 Å². The normalized spacial score (nSPS) is 13.7. The number of pyridine rings is 1. The van der Waals surface area contributed by atoms with Gasteiger partial charge in [-0.1, -0.05) is 0 Å². The van der Waals surface area contributed by atoms with Crippen molar-refractivity contribution in [3.05, 3.63) is 76.0 Å². The first kappa shape index (κ1) is 21.9. The van der Waals surface area contributed by atoms with E-state index in [0.29, 0.717) is 42.0 Å². The Morgan fingerprint density at radius 3 is 2.62 bits per heavy atom. The van der Waals surface area contributed by atoms with Gasteiger partial charge in [0, 0.05) is 47.8 Å². The largest absolute Gasteiger partial charge is 0.461 e. The van der Waals surface area contributed by atoms with Crippen LogP contribution < -0.4 is 5.56 Å². The van der Waals surface area contributed by atoms with Gasteiger partial charge in [-0.05, 0) is 58.0 Å². The molecule has 8 heteroatoms. The van der Waals surface area contributed by atoms with Crippen LogP contribution in [0, 0.1) is 6.92 Å². The summed E-state index contributed by atoms with van der Waals surface area (Å²) in [6.07, 6.45) is 2.02. The molecule has 0 unspecified atom stereocenters. The lowest BCUT2D eigenvalue weighted by molar-refractivity contribution is 0.0220. The van der Waals surface area contributed by atoms with Gasteiger partial charge in [0.05, 0.1) is 23.6 Å². The number of ether oxygens (including phenoxy) is 1. The first-order chi connectivity index (χ1) is 16.2. The molecule has 0 fully saturated rings. The third kappa shape index (κ3) is 4.19. The molecule has 4 heterocycles. The molecule has 0 bridgehead atoms. The third-order valence-corrected chi connectivity index (χ3v) is 5.76. The predicted octanol–water partition coefficient (Wildman–Crippen LogP) is 4.64. The van der Waals surface area contributed by atoms with Gasteiger partial charge in [0.1, 0.15) is 16.9 Å². The number of hydrogen-bond acceptors (Lipinski definition) is 6. The van der Waals surface area contributed by atoms with Crippen molar-refractivity contribution in [3.63, 3.8) is 0 Å². The third-order valence-electron chi connectivity index (χ3n) is 5.76. The maximum atomic E-state index is 12.9. The van der Waals surface area contributed by atoms with E-state index in [9.17, 15) is 9.59 Å². The summed E-state index contributed by atoms with van der Waals surface area (Å²) < 4.78 is 13.2. The van der Waals surface area contributed by atoms with Crippen molar-refractivity contribution < 1.29 is 13.9 Å². The fourth-order valence-corrected chi connectivity index (χ4v) is 4.11. The minimum atomic E-state index is -0.542. The molecular formula is C26H26N4O4. The van der Waals surface area contributed by atoms with E-state index >= 15 is 0 Å². The van der Waals surface area contributed by atoms with Crippen molar-refractivity contribution in [1.29, 1.82) is 0 Å². The van der Waals surface area contributed by atoms with Gasteiger partial charge in [-0.15, -0.1) is 0 Å².